The predicted octanol–water partition coefficient (Wildman–Crippen LogP) is 2.91. The number of carbonyl (C=O) groups excluding carboxylic acids is 1. The first-order valence-corrected chi connectivity index (χ1v) is 8.03. The van der Waals surface area contributed by atoms with Gasteiger partial charge in [-0.2, -0.15) is 0 Å². The Balaban J connectivity index is 2.19. The van der Waals surface area contributed by atoms with Crippen molar-refractivity contribution < 1.29 is 9.53 Å². The average molecular weight is 296 g/mol. The molecule has 0 spiro atoms. The molecule has 0 aromatic carbocycles. The number of hydrogen-bond donors (Lipinski definition) is 1. The van der Waals surface area contributed by atoms with Gasteiger partial charge in [0.05, 0.1) is 11.7 Å². The second-order valence-corrected chi connectivity index (χ2v) is 7.21. The first-order chi connectivity index (χ1) is 9.38. The fourth-order valence-corrected chi connectivity index (χ4v) is 3.80. The molecule has 0 bridgehead atoms. The molecule has 1 aromatic rings. The Bertz CT molecular complexity index is 494. The van der Waals surface area contributed by atoms with Crippen LogP contribution in [0.25, 0.3) is 0 Å². The highest BCUT2D eigenvalue weighted by atomic mass is 32.1. The number of carbonyl (C=O) groups is 1. The van der Waals surface area contributed by atoms with Gasteiger partial charge >= 0.3 is 5.97 Å². The molecule has 112 valence electrons. The summed E-state index contributed by atoms with van der Waals surface area (Å²) in [6, 6.07) is 0. The Labute approximate surface area is 124 Å². The molecule has 0 unspecified atom stereocenters. The molecule has 0 saturated heterocycles. The zero-order chi connectivity index (χ0) is 14.9. The van der Waals surface area contributed by atoms with Crippen LogP contribution >= 0.6 is 11.3 Å². The molecule has 2 rings (SSSR count). The Kier molecular flexibility index (Phi) is 4.70. The van der Waals surface area contributed by atoms with Crippen molar-refractivity contribution >= 4 is 22.3 Å². The second kappa shape index (κ2) is 6.14. The van der Waals surface area contributed by atoms with Crippen LogP contribution in [0.4, 0.5) is 5.00 Å². The summed E-state index contributed by atoms with van der Waals surface area (Å²) < 4.78 is 5.31. The number of thiophene rings is 1. The van der Waals surface area contributed by atoms with Gasteiger partial charge in [0.1, 0.15) is 5.00 Å². The van der Waals surface area contributed by atoms with E-state index in [9.17, 15) is 4.79 Å². The summed E-state index contributed by atoms with van der Waals surface area (Å²) in [4.78, 5) is 15.8. The molecule has 0 atom stereocenters. The van der Waals surface area contributed by atoms with Gasteiger partial charge < -0.3 is 10.5 Å². The van der Waals surface area contributed by atoms with E-state index in [1.807, 2.05) is 13.8 Å². The molecular weight excluding hydrogens is 272 g/mol. The standard InChI is InChI=1S/C15H24N2O2S/c1-9(2)7-17-6-5-11-12(8-17)20-14(16)13(11)15(18)19-10(3)4/h9-10H,5-8,16H2,1-4H3. The van der Waals surface area contributed by atoms with Crippen molar-refractivity contribution in [2.75, 3.05) is 18.8 Å². The van der Waals surface area contributed by atoms with Crippen LogP contribution in [0, 0.1) is 5.92 Å². The van der Waals surface area contributed by atoms with Crippen LogP contribution in [0.2, 0.25) is 0 Å². The minimum Gasteiger partial charge on any atom is -0.459 e. The highest BCUT2D eigenvalue weighted by Crippen LogP contribution is 2.35. The lowest BCUT2D eigenvalue weighted by atomic mass is 10.0. The third-order valence-corrected chi connectivity index (χ3v) is 4.38. The SMILES string of the molecule is CC(C)CN1CCc2c(sc(N)c2C(=O)OC(C)C)C1. The minimum atomic E-state index is -0.271. The van der Waals surface area contributed by atoms with E-state index >= 15 is 0 Å². The highest BCUT2D eigenvalue weighted by molar-refractivity contribution is 7.16. The zero-order valence-electron chi connectivity index (χ0n) is 12.7. The van der Waals surface area contributed by atoms with Crippen molar-refractivity contribution in [1.82, 2.24) is 4.90 Å². The predicted molar refractivity (Wildman–Crippen MR) is 83.1 cm³/mol. The van der Waals surface area contributed by atoms with Crippen LogP contribution in [0.15, 0.2) is 0 Å². The molecule has 1 aliphatic heterocycles. The molecule has 1 aliphatic rings. The molecule has 1 aromatic heterocycles. The van der Waals surface area contributed by atoms with Crippen LogP contribution in [0.5, 0.6) is 0 Å². The van der Waals surface area contributed by atoms with Gasteiger partial charge in [0.15, 0.2) is 0 Å². The molecule has 0 amide bonds. The summed E-state index contributed by atoms with van der Waals surface area (Å²) in [6.45, 7) is 11.1. The summed E-state index contributed by atoms with van der Waals surface area (Å²) in [5.74, 6) is 0.381. The number of nitrogen functional groups attached to an aromatic ring is 1. The van der Waals surface area contributed by atoms with Gasteiger partial charge in [-0.15, -0.1) is 11.3 Å². The van der Waals surface area contributed by atoms with Gasteiger partial charge in [-0.25, -0.2) is 4.79 Å². The van der Waals surface area contributed by atoms with E-state index in [0.717, 1.165) is 31.6 Å². The summed E-state index contributed by atoms with van der Waals surface area (Å²) in [6.07, 6.45) is 0.775. The molecule has 0 aliphatic carbocycles. The maximum absolute atomic E-state index is 12.2. The summed E-state index contributed by atoms with van der Waals surface area (Å²) >= 11 is 1.54. The number of fused-ring (bicyclic) bond motifs is 1. The van der Waals surface area contributed by atoms with Crippen molar-refractivity contribution in [2.45, 2.75) is 46.8 Å². The smallest absolute Gasteiger partial charge is 0.341 e. The molecule has 0 radical (unpaired) electrons. The molecule has 2 N–H and O–H groups in total. The topological polar surface area (TPSA) is 55.6 Å². The van der Waals surface area contributed by atoms with Gasteiger partial charge in [0.25, 0.3) is 0 Å². The number of nitrogens with two attached hydrogens (primary N) is 1. The molecule has 20 heavy (non-hydrogen) atoms. The lowest BCUT2D eigenvalue weighted by molar-refractivity contribution is 0.0377. The fraction of sp³-hybridized carbons (Fsp3) is 0.667. The maximum Gasteiger partial charge on any atom is 0.341 e. The number of anilines is 1. The molecule has 5 heteroatoms. The van der Waals surface area contributed by atoms with Gasteiger partial charge in [0.2, 0.25) is 0 Å². The minimum absolute atomic E-state index is 0.113. The largest absolute Gasteiger partial charge is 0.459 e. The van der Waals surface area contributed by atoms with Crippen LogP contribution in [-0.2, 0) is 17.7 Å². The Morgan fingerprint density at radius 3 is 2.70 bits per heavy atom. The van der Waals surface area contributed by atoms with E-state index in [0.29, 0.717) is 16.5 Å². The van der Waals surface area contributed by atoms with E-state index in [1.54, 1.807) is 0 Å². The Morgan fingerprint density at radius 1 is 1.40 bits per heavy atom. The molecular formula is C15H24N2O2S. The lowest BCUT2D eigenvalue weighted by Crippen LogP contribution is -2.33. The molecule has 2 heterocycles. The molecule has 4 nitrogen and oxygen atoms in total. The Morgan fingerprint density at radius 2 is 2.10 bits per heavy atom. The molecule has 0 saturated carbocycles. The van der Waals surface area contributed by atoms with E-state index in [2.05, 4.69) is 18.7 Å². The van der Waals surface area contributed by atoms with Crippen molar-refractivity contribution in [3.05, 3.63) is 16.0 Å². The molecule has 0 fully saturated rings. The number of hydrogen-bond acceptors (Lipinski definition) is 5. The maximum atomic E-state index is 12.2. The first kappa shape index (κ1) is 15.3. The van der Waals surface area contributed by atoms with Crippen molar-refractivity contribution in [2.24, 2.45) is 5.92 Å². The quantitative estimate of drug-likeness (QED) is 0.868. The van der Waals surface area contributed by atoms with Crippen LogP contribution < -0.4 is 5.73 Å². The Hall–Kier alpha value is -1.07. The average Bonchev–Trinajstić information content (AvgIpc) is 2.62. The van der Waals surface area contributed by atoms with Crippen LogP contribution in [0.3, 0.4) is 0 Å². The summed E-state index contributed by atoms with van der Waals surface area (Å²) in [7, 11) is 0. The third kappa shape index (κ3) is 3.33. The lowest BCUT2D eigenvalue weighted by Gasteiger charge is -2.28. The number of esters is 1. The van der Waals surface area contributed by atoms with Crippen molar-refractivity contribution in [3.8, 4) is 0 Å². The van der Waals surface area contributed by atoms with E-state index < -0.39 is 0 Å². The van der Waals surface area contributed by atoms with Gasteiger partial charge in [-0.1, -0.05) is 13.8 Å². The summed E-state index contributed by atoms with van der Waals surface area (Å²) in [5.41, 5.74) is 7.77. The van der Waals surface area contributed by atoms with Crippen LogP contribution in [-0.4, -0.2) is 30.1 Å². The number of ether oxygens (including phenoxy) is 1. The van der Waals surface area contributed by atoms with Crippen molar-refractivity contribution in [1.29, 1.82) is 0 Å². The first-order valence-electron chi connectivity index (χ1n) is 7.21. The van der Waals surface area contributed by atoms with Crippen LogP contribution in [0.1, 0.15) is 48.5 Å². The monoisotopic (exact) mass is 296 g/mol. The second-order valence-electron chi connectivity index (χ2n) is 6.08. The van der Waals surface area contributed by atoms with E-state index in [-0.39, 0.29) is 12.1 Å². The van der Waals surface area contributed by atoms with E-state index in [4.69, 9.17) is 10.5 Å². The van der Waals surface area contributed by atoms with Crippen molar-refractivity contribution in [3.63, 3.8) is 0 Å². The highest BCUT2D eigenvalue weighted by Gasteiger charge is 2.28. The third-order valence-electron chi connectivity index (χ3n) is 3.33. The van der Waals surface area contributed by atoms with Gasteiger partial charge in [-0.3, -0.25) is 4.90 Å². The fourth-order valence-electron chi connectivity index (χ4n) is 2.65. The zero-order valence-corrected chi connectivity index (χ0v) is 13.5. The number of nitrogens with zero attached hydrogens (tertiary/aromatic N) is 1. The summed E-state index contributed by atoms with van der Waals surface area (Å²) in [5, 5.41) is 0.604. The normalized spacial score (nSPS) is 15.7. The van der Waals surface area contributed by atoms with Gasteiger partial charge in [-0.05, 0) is 31.7 Å². The number of rotatable bonds is 4. The van der Waals surface area contributed by atoms with Gasteiger partial charge in [0, 0.05) is 24.5 Å². The van der Waals surface area contributed by atoms with E-state index in [1.165, 1.54) is 16.2 Å².